The standard InChI is InChI=1S/C13H19N3O2/c1-10(18-12-5-2-6-15-9-12)13(17)16-7-3-4-11(16)8-14/h2,5-6,9-11H,3-4,7-8,14H2,1H3. The molecule has 1 aliphatic heterocycles. The molecule has 1 aliphatic rings. The lowest BCUT2D eigenvalue weighted by Gasteiger charge is -2.26. The smallest absolute Gasteiger partial charge is 0.263 e. The number of aromatic nitrogens is 1. The lowest BCUT2D eigenvalue weighted by atomic mass is 10.2. The molecule has 1 saturated heterocycles. The molecule has 1 amide bonds. The molecule has 0 aromatic carbocycles. The highest BCUT2D eigenvalue weighted by molar-refractivity contribution is 5.81. The first kappa shape index (κ1) is 12.8. The Labute approximate surface area is 107 Å². The number of hydrogen-bond acceptors (Lipinski definition) is 4. The topological polar surface area (TPSA) is 68.5 Å². The largest absolute Gasteiger partial charge is 0.479 e. The maximum Gasteiger partial charge on any atom is 0.263 e. The Hall–Kier alpha value is -1.62. The summed E-state index contributed by atoms with van der Waals surface area (Å²) < 4.78 is 5.59. The lowest BCUT2D eigenvalue weighted by Crippen LogP contribution is -2.45. The summed E-state index contributed by atoms with van der Waals surface area (Å²) in [6.45, 7) is 3.06. The van der Waals surface area contributed by atoms with Crippen molar-refractivity contribution in [1.82, 2.24) is 9.88 Å². The molecule has 2 rings (SSSR count). The number of amides is 1. The maximum absolute atomic E-state index is 12.2. The van der Waals surface area contributed by atoms with Crippen LogP contribution in [0.5, 0.6) is 5.75 Å². The normalized spacial score (nSPS) is 20.8. The minimum Gasteiger partial charge on any atom is -0.479 e. The van der Waals surface area contributed by atoms with Gasteiger partial charge in [-0.25, -0.2) is 0 Å². The zero-order chi connectivity index (χ0) is 13.0. The first-order valence-corrected chi connectivity index (χ1v) is 6.29. The van der Waals surface area contributed by atoms with Crippen LogP contribution in [0.4, 0.5) is 0 Å². The third-order valence-electron chi connectivity index (χ3n) is 3.23. The fourth-order valence-electron chi connectivity index (χ4n) is 2.28. The first-order valence-electron chi connectivity index (χ1n) is 6.29. The first-order chi connectivity index (χ1) is 8.72. The quantitative estimate of drug-likeness (QED) is 0.857. The molecule has 1 aromatic heterocycles. The van der Waals surface area contributed by atoms with Gasteiger partial charge in [-0.15, -0.1) is 0 Å². The molecule has 2 atom stereocenters. The van der Waals surface area contributed by atoms with E-state index in [1.165, 1.54) is 0 Å². The fourth-order valence-corrected chi connectivity index (χ4v) is 2.28. The van der Waals surface area contributed by atoms with Crippen molar-refractivity contribution in [3.05, 3.63) is 24.5 Å². The highest BCUT2D eigenvalue weighted by Gasteiger charge is 2.31. The summed E-state index contributed by atoms with van der Waals surface area (Å²) in [5.74, 6) is 0.619. The molecule has 0 aliphatic carbocycles. The Morgan fingerprint density at radius 1 is 1.72 bits per heavy atom. The van der Waals surface area contributed by atoms with Crippen LogP contribution in [0.15, 0.2) is 24.5 Å². The van der Waals surface area contributed by atoms with Gasteiger partial charge < -0.3 is 15.4 Å². The van der Waals surface area contributed by atoms with Crippen LogP contribution in [-0.2, 0) is 4.79 Å². The summed E-state index contributed by atoms with van der Waals surface area (Å²) in [4.78, 5) is 18.0. The highest BCUT2D eigenvalue weighted by Crippen LogP contribution is 2.19. The van der Waals surface area contributed by atoms with Gasteiger partial charge in [-0.05, 0) is 31.9 Å². The monoisotopic (exact) mass is 249 g/mol. The number of nitrogens with zero attached hydrogens (tertiary/aromatic N) is 2. The number of carbonyl (C=O) groups is 1. The van der Waals surface area contributed by atoms with Gasteiger partial charge in [-0.3, -0.25) is 9.78 Å². The third-order valence-corrected chi connectivity index (χ3v) is 3.23. The van der Waals surface area contributed by atoms with Crippen LogP contribution in [0.25, 0.3) is 0 Å². The number of rotatable bonds is 4. The molecular formula is C13H19N3O2. The number of hydrogen-bond donors (Lipinski definition) is 1. The summed E-state index contributed by atoms with van der Waals surface area (Å²) in [5.41, 5.74) is 5.67. The van der Waals surface area contributed by atoms with Crippen molar-refractivity contribution >= 4 is 5.91 Å². The predicted octanol–water partition coefficient (Wildman–Crippen LogP) is 0.799. The molecule has 5 heteroatoms. The minimum atomic E-state index is -0.499. The van der Waals surface area contributed by atoms with Crippen molar-refractivity contribution in [3.8, 4) is 5.75 Å². The average Bonchev–Trinajstić information content (AvgIpc) is 2.87. The van der Waals surface area contributed by atoms with Crippen molar-refractivity contribution < 1.29 is 9.53 Å². The van der Waals surface area contributed by atoms with Gasteiger partial charge in [0.1, 0.15) is 5.75 Å². The zero-order valence-corrected chi connectivity index (χ0v) is 10.6. The molecule has 0 spiro atoms. The second-order valence-corrected chi connectivity index (χ2v) is 4.51. The van der Waals surface area contributed by atoms with Gasteiger partial charge in [0.25, 0.3) is 5.91 Å². The Morgan fingerprint density at radius 3 is 3.22 bits per heavy atom. The molecule has 2 N–H and O–H groups in total. The van der Waals surface area contributed by atoms with Gasteiger partial charge in [0, 0.05) is 25.3 Å². The number of carbonyl (C=O) groups excluding carboxylic acids is 1. The van der Waals surface area contributed by atoms with E-state index in [9.17, 15) is 4.79 Å². The van der Waals surface area contributed by atoms with Crippen molar-refractivity contribution in [3.63, 3.8) is 0 Å². The molecule has 0 radical (unpaired) electrons. The SMILES string of the molecule is CC(Oc1cccnc1)C(=O)N1CCCC1CN. The average molecular weight is 249 g/mol. The highest BCUT2D eigenvalue weighted by atomic mass is 16.5. The van der Waals surface area contributed by atoms with E-state index in [1.807, 2.05) is 4.90 Å². The van der Waals surface area contributed by atoms with E-state index in [0.717, 1.165) is 19.4 Å². The number of likely N-dealkylation sites (tertiary alicyclic amines) is 1. The van der Waals surface area contributed by atoms with E-state index >= 15 is 0 Å². The lowest BCUT2D eigenvalue weighted by molar-refractivity contribution is -0.138. The van der Waals surface area contributed by atoms with Gasteiger partial charge in [-0.2, -0.15) is 0 Å². The second-order valence-electron chi connectivity index (χ2n) is 4.51. The van der Waals surface area contributed by atoms with Crippen molar-refractivity contribution in [2.45, 2.75) is 31.9 Å². The van der Waals surface area contributed by atoms with E-state index in [0.29, 0.717) is 12.3 Å². The van der Waals surface area contributed by atoms with Crippen LogP contribution in [0.1, 0.15) is 19.8 Å². The van der Waals surface area contributed by atoms with E-state index in [4.69, 9.17) is 10.5 Å². The second kappa shape index (κ2) is 5.82. The van der Waals surface area contributed by atoms with Crippen molar-refractivity contribution in [2.75, 3.05) is 13.1 Å². The molecule has 5 nitrogen and oxygen atoms in total. The molecule has 0 bridgehead atoms. The zero-order valence-electron chi connectivity index (χ0n) is 10.6. The summed E-state index contributed by atoms with van der Waals surface area (Å²) >= 11 is 0. The molecule has 0 saturated carbocycles. The molecule has 1 aromatic rings. The van der Waals surface area contributed by atoms with Crippen LogP contribution in [0.2, 0.25) is 0 Å². The summed E-state index contributed by atoms with van der Waals surface area (Å²) in [6, 6.07) is 3.74. The molecular weight excluding hydrogens is 230 g/mol. The fraction of sp³-hybridized carbons (Fsp3) is 0.538. The molecule has 18 heavy (non-hydrogen) atoms. The number of pyridine rings is 1. The van der Waals surface area contributed by atoms with Gasteiger partial charge >= 0.3 is 0 Å². The summed E-state index contributed by atoms with van der Waals surface area (Å²) in [7, 11) is 0. The Kier molecular flexibility index (Phi) is 4.15. The van der Waals surface area contributed by atoms with Crippen molar-refractivity contribution in [2.24, 2.45) is 5.73 Å². The van der Waals surface area contributed by atoms with Gasteiger partial charge in [0.15, 0.2) is 6.10 Å². The summed E-state index contributed by atoms with van der Waals surface area (Å²) in [6.07, 6.45) is 4.79. The van der Waals surface area contributed by atoms with Gasteiger partial charge in [0.2, 0.25) is 0 Å². The third kappa shape index (κ3) is 2.79. The van der Waals surface area contributed by atoms with E-state index < -0.39 is 6.10 Å². The van der Waals surface area contributed by atoms with E-state index in [1.54, 1.807) is 31.5 Å². The molecule has 2 heterocycles. The van der Waals surface area contributed by atoms with Gasteiger partial charge in [-0.1, -0.05) is 0 Å². The number of ether oxygens (including phenoxy) is 1. The Balaban J connectivity index is 1.96. The predicted molar refractivity (Wildman–Crippen MR) is 68.1 cm³/mol. The minimum absolute atomic E-state index is 0.00630. The summed E-state index contributed by atoms with van der Waals surface area (Å²) in [5, 5.41) is 0. The molecule has 1 fully saturated rings. The van der Waals surface area contributed by atoms with Crippen LogP contribution < -0.4 is 10.5 Å². The van der Waals surface area contributed by atoms with Crippen LogP contribution in [-0.4, -0.2) is 41.0 Å². The Bertz CT molecular complexity index is 396. The van der Waals surface area contributed by atoms with E-state index in [-0.39, 0.29) is 11.9 Å². The maximum atomic E-state index is 12.2. The Morgan fingerprint density at radius 2 is 2.56 bits per heavy atom. The van der Waals surface area contributed by atoms with Crippen LogP contribution >= 0.6 is 0 Å². The van der Waals surface area contributed by atoms with Crippen LogP contribution in [0, 0.1) is 0 Å². The van der Waals surface area contributed by atoms with Crippen LogP contribution in [0.3, 0.4) is 0 Å². The molecule has 98 valence electrons. The van der Waals surface area contributed by atoms with Crippen molar-refractivity contribution in [1.29, 1.82) is 0 Å². The van der Waals surface area contributed by atoms with Gasteiger partial charge in [0.05, 0.1) is 6.20 Å². The molecule has 2 unspecified atom stereocenters. The van der Waals surface area contributed by atoms with E-state index in [2.05, 4.69) is 4.98 Å². The number of nitrogens with two attached hydrogens (primary N) is 1.